The monoisotopic (exact) mass is 261 g/mol. The SMILES string of the molecule is COC(=O)c1cc2c(Cl)c(F)cc(Cl)c2[nH]1. The van der Waals surface area contributed by atoms with Crippen LogP contribution in [0, 0.1) is 5.82 Å². The van der Waals surface area contributed by atoms with Crippen LogP contribution in [0.15, 0.2) is 12.1 Å². The first-order valence-corrected chi connectivity index (χ1v) is 5.04. The highest BCUT2D eigenvalue weighted by Gasteiger charge is 2.16. The summed E-state index contributed by atoms with van der Waals surface area (Å²) in [5.74, 6) is -1.20. The molecule has 0 aliphatic rings. The summed E-state index contributed by atoms with van der Waals surface area (Å²) < 4.78 is 17.8. The second-order valence-corrected chi connectivity index (χ2v) is 3.90. The molecule has 0 bridgehead atoms. The van der Waals surface area contributed by atoms with E-state index < -0.39 is 11.8 Å². The zero-order valence-corrected chi connectivity index (χ0v) is 9.62. The molecule has 2 aromatic rings. The molecule has 0 unspecified atom stereocenters. The highest BCUT2D eigenvalue weighted by atomic mass is 35.5. The number of H-pyrrole nitrogens is 1. The van der Waals surface area contributed by atoms with Gasteiger partial charge in [-0.3, -0.25) is 0 Å². The number of ether oxygens (including phenoxy) is 1. The number of carbonyl (C=O) groups is 1. The first-order chi connectivity index (χ1) is 7.54. The van der Waals surface area contributed by atoms with Gasteiger partial charge in [-0.25, -0.2) is 9.18 Å². The molecule has 1 N–H and O–H groups in total. The fourth-order valence-electron chi connectivity index (χ4n) is 1.41. The topological polar surface area (TPSA) is 42.1 Å². The fourth-order valence-corrected chi connectivity index (χ4v) is 1.86. The molecule has 0 fully saturated rings. The van der Waals surface area contributed by atoms with Gasteiger partial charge in [0.25, 0.3) is 0 Å². The Labute approximate surface area is 100 Å². The predicted molar refractivity (Wildman–Crippen MR) is 59.6 cm³/mol. The van der Waals surface area contributed by atoms with Crippen LogP contribution < -0.4 is 0 Å². The summed E-state index contributed by atoms with van der Waals surface area (Å²) in [7, 11) is 1.25. The molecule has 0 spiro atoms. The summed E-state index contributed by atoms with van der Waals surface area (Å²) in [6.07, 6.45) is 0. The Morgan fingerprint density at radius 2 is 2.12 bits per heavy atom. The Kier molecular flexibility index (Phi) is 2.78. The number of nitrogens with one attached hydrogen (secondary N) is 1. The van der Waals surface area contributed by atoms with Gasteiger partial charge in [0.15, 0.2) is 0 Å². The van der Waals surface area contributed by atoms with Crippen molar-refractivity contribution < 1.29 is 13.9 Å². The lowest BCUT2D eigenvalue weighted by Gasteiger charge is -1.98. The number of methoxy groups -OCH3 is 1. The van der Waals surface area contributed by atoms with Crippen molar-refractivity contribution >= 4 is 40.1 Å². The van der Waals surface area contributed by atoms with Gasteiger partial charge >= 0.3 is 5.97 Å². The molecule has 2 rings (SSSR count). The van der Waals surface area contributed by atoms with Gasteiger partial charge in [-0.2, -0.15) is 0 Å². The summed E-state index contributed by atoms with van der Waals surface area (Å²) >= 11 is 11.6. The maximum atomic E-state index is 13.3. The summed E-state index contributed by atoms with van der Waals surface area (Å²) in [5, 5.41) is 0.435. The number of benzene rings is 1. The Morgan fingerprint density at radius 3 is 2.75 bits per heavy atom. The smallest absolute Gasteiger partial charge is 0.354 e. The van der Waals surface area contributed by atoms with E-state index in [2.05, 4.69) is 9.72 Å². The van der Waals surface area contributed by atoms with Gasteiger partial charge in [0.1, 0.15) is 11.5 Å². The van der Waals surface area contributed by atoms with Gasteiger partial charge < -0.3 is 9.72 Å². The molecule has 0 atom stereocenters. The normalized spacial score (nSPS) is 10.8. The lowest BCUT2D eigenvalue weighted by Crippen LogP contribution is -2.00. The van der Waals surface area contributed by atoms with E-state index in [1.165, 1.54) is 13.2 Å². The van der Waals surface area contributed by atoms with Crippen LogP contribution in [-0.2, 0) is 4.74 Å². The second kappa shape index (κ2) is 3.96. The van der Waals surface area contributed by atoms with Crippen LogP contribution in [0.3, 0.4) is 0 Å². The number of aromatic amines is 1. The summed E-state index contributed by atoms with van der Waals surface area (Å²) in [6.45, 7) is 0. The van der Waals surface area contributed by atoms with Crippen LogP contribution in [-0.4, -0.2) is 18.1 Å². The lowest BCUT2D eigenvalue weighted by molar-refractivity contribution is 0.0595. The van der Waals surface area contributed by atoms with E-state index in [4.69, 9.17) is 23.2 Å². The number of rotatable bonds is 1. The number of fused-ring (bicyclic) bond motifs is 1. The highest BCUT2D eigenvalue weighted by molar-refractivity contribution is 6.40. The summed E-state index contributed by atoms with van der Waals surface area (Å²) in [6, 6.07) is 2.49. The Morgan fingerprint density at radius 1 is 1.44 bits per heavy atom. The minimum absolute atomic E-state index is 0.0780. The third-order valence-corrected chi connectivity index (χ3v) is 2.84. The summed E-state index contributed by atoms with van der Waals surface area (Å²) in [5.41, 5.74) is 0.584. The van der Waals surface area contributed by atoms with Crippen LogP contribution in [0.25, 0.3) is 10.9 Å². The molecule has 0 aliphatic carbocycles. The van der Waals surface area contributed by atoms with Gasteiger partial charge in [0.05, 0.1) is 22.7 Å². The third kappa shape index (κ3) is 1.64. The van der Waals surface area contributed by atoms with Crippen molar-refractivity contribution in [3.63, 3.8) is 0 Å². The Balaban J connectivity index is 2.74. The van der Waals surface area contributed by atoms with Crippen LogP contribution in [0.1, 0.15) is 10.5 Å². The number of hydrogen-bond donors (Lipinski definition) is 1. The summed E-state index contributed by atoms with van der Waals surface area (Å²) in [4.78, 5) is 14.0. The minimum atomic E-state index is -0.630. The van der Waals surface area contributed by atoms with E-state index >= 15 is 0 Å². The molecule has 0 amide bonds. The molecule has 84 valence electrons. The van der Waals surface area contributed by atoms with Crippen LogP contribution in [0.5, 0.6) is 0 Å². The van der Waals surface area contributed by atoms with Crippen molar-refractivity contribution in [3.8, 4) is 0 Å². The number of esters is 1. The van der Waals surface area contributed by atoms with Crippen molar-refractivity contribution in [3.05, 3.63) is 33.7 Å². The van der Waals surface area contributed by atoms with E-state index in [1.807, 2.05) is 0 Å². The molecular weight excluding hydrogens is 256 g/mol. The predicted octanol–water partition coefficient (Wildman–Crippen LogP) is 3.40. The van der Waals surface area contributed by atoms with E-state index in [-0.39, 0.29) is 15.7 Å². The largest absolute Gasteiger partial charge is 0.464 e. The molecule has 1 aromatic carbocycles. The van der Waals surface area contributed by atoms with Gasteiger partial charge in [-0.1, -0.05) is 23.2 Å². The molecule has 0 radical (unpaired) electrons. The van der Waals surface area contributed by atoms with Crippen molar-refractivity contribution in [2.24, 2.45) is 0 Å². The Bertz CT molecular complexity index is 580. The first kappa shape index (κ1) is 11.2. The maximum absolute atomic E-state index is 13.3. The van der Waals surface area contributed by atoms with Crippen molar-refractivity contribution in [2.45, 2.75) is 0 Å². The molecule has 0 saturated heterocycles. The fraction of sp³-hybridized carbons (Fsp3) is 0.100. The average Bonchev–Trinajstić information content (AvgIpc) is 2.70. The van der Waals surface area contributed by atoms with Crippen molar-refractivity contribution in [1.82, 2.24) is 4.98 Å². The molecule has 6 heteroatoms. The van der Waals surface area contributed by atoms with Gasteiger partial charge in [-0.05, 0) is 12.1 Å². The van der Waals surface area contributed by atoms with E-state index in [0.717, 1.165) is 6.07 Å². The van der Waals surface area contributed by atoms with E-state index in [1.54, 1.807) is 0 Å². The van der Waals surface area contributed by atoms with E-state index in [9.17, 15) is 9.18 Å². The molecular formula is C10H6Cl2FNO2. The maximum Gasteiger partial charge on any atom is 0.354 e. The third-order valence-electron chi connectivity index (χ3n) is 2.16. The van der Waals surface area contributed by atoms with E-state index in [0.29, 0.717) is 10.9 Å². The van der Waals surface area contributed by atoms with Crippen LogP contribution in [0.2, 0.25) is 10.0 Å². The first-order valence-electron chi connectivity index (χ1n) is 4.29. The highest BCUT2D eigenvalue weighted by Crippen LogP contribution is 2.32. The van der Waals surface area contributed by atoms with Gasteiger partial charge in [-0.15, -0.1) is 0 Å². The minimum Gasteiger partial charge on any atom is -0.464 e. The van der Waals surface area contributed by atoms with Gasteiger partial charge in [0.2, 0.25) is 0 Å². The van der Waals surface area contributed by atoms with Crippen molar-refractivity contribution in [2.75, 3.05) is 7.11 Å². The average molecular weight is 262 g/mol. The van der Waals surface area contributed by atoms with Crippen molar-refractivity contribution in [1.29, 1.82) is 0 Å². The molecule has 16 heavy (non-hydrogen) atoms. The zero-order chi connectivity index (χ0) is 11.9. The lowest BCUT2D eigenvalue weighted by atomic mass is 10.2. The number of hydrogen-bond acceptors (Lipinski definition) is 2. The van der Waals surface area contributed by atoms with Crippen LogP contribution in [0.4, 0.5) is 4.39 Å². The van der Waals surface area contributed by atoms with Gasteiger partial charge in [0, 0.05) is 5.39 Å². The standard InChI is InChI=1S/C10H6Cl2FNO2/c1-16-10(15)7-2-4-8(12)6(13)3-5(11)9(4)14-7/h2-3,14H,1H3. The number of halogens is 3. The number of carbonyl (C=O) groups excluding carboxylic acids is 1. The molecule has 0 saturated carbocycles. The molecule has 1 heterocycles. The second-order valence-electron chi connectivity index (χ2n) is 3.12. The molecule has 1 aromatic heterocycles. The van der Waals surface area contributed by atoms with Crippen LogP contribution >= 0.6 is 23.2 Å². The quantitative estimate of drug-likeness (QED) is 0.632. The molecule has 3 nitrogen and oxygen atoms in total. The zero-order valence-electron chi connectivity index (χ0n) is 8.11. The Hall–Kier alpha value is -1.26. The molecule has 0 aliphatic heterocycles. The number of aromatic nitrogens is 1.